The van der Waals surface area contributed by atoms with Crippen molar-refractivity contribution in [3.05, 3.63) is 83.9 Å². The number of anilines is 2. The van der Waals surface area contributed by atoms with Crippen LogP contribution < -0.4 is 15.0 Å². The summed E-state index contributed by atoms with van der Waals surface area (Å²) in [5, 5.41) is 2.12. The van der Waals surface area contributed by atoms with E-state index in [-0.39, 0.29) is 23.3 Å². The minimum atomic E-state index is -4.61. The molecule has 1 atom stereocenters. The summed E-state index contributed by atoms with van der Waals surface area (Å²) < 4.78 is 45.1. The summed E-state index contributed by atoms with van der Waals surface area (Å²) in [5.41, 5.74) is 0.189. The fourth-order valence-electron chi connectivity index (χ4n) is 3.73. The Kier molecular flexibility index (Phi) is 6.83. The van der Waals surface area contributed by atoms with E-state index in [1.807, 2.05) is 36.4 Å². The SMILES string of the molecule is COc1ccc(C2CC(=O)N(CC(=O)Nc3ccccc3C(F)(F)F)c3ccccc3S2)cc1. The van der Waals surface area contributed by atoms with Gasteiger partial charge in [0.1, 0.15) is 12.3 Å². The summed E-state index contributed by atoms with van der Waals surface area (Å²) in [4.78, 5) is 28.1. The van der Waals surface area contributed by atoms with Crippen LogP contribution in [0.2, 0.25) is 0 Å². The van der Waals surface area contributed by atoms with Crippen molar-refractivity contribution in [3.8, 4) is 5.75 Å². The first kappa shape index (κ1) is 23.7. The zero-order chi connectivity index (χ0) is 24.3. The van der Waals surface area contributed by atoms with Crippen LogP contribution in [0.4, 0.5) is 24.5 Å². The van der Waals surface area contributed by atoms with Crippen molar-refractivity contribution in [2.45, 2.75) is 22.7 Å². The zero-order valence-electron chi connectivity index (χ0n) is 18.1. The highest BCUT2D eigenvalue weighted by Gasteiger charge is 2.34. The van der Waals surface area contributed by atoms with Gasteiger partial charge in [0.25, 0.3) is 0 Å². The number of carbonyl (C=O) groups excluding carboxylic acids is 2. The fourth-order valence-corrected chi connectivity index (χ4v) is 5.01. The Bertz CT molecular complexity index is 1200. The van der Waals surface area contributed by atoms with Gasteiger partial charge in [-0.05, 0) is 42.0 Å². The molecule has 0 bridgehead atoms. The van der Waals surface area contributed by atoms with Crippen molar-refractivity contribution in [1.29, 1.82) is 0 Å². The first-order valence-electron chi connectivity index (χ1n) is 10.4. The van der Waals surface area contributed by atoms with E-state index in [0.29, 0.717) is 11.4 Å². The van der Waals surface area contributed by atoms with Crippen molar-refractivity contribution >= 4 is 35.0 Å². The third-order valence-electron chi connectivity index (χ3n) is 5.38. The standard InChI is InChI=1S/C25H21F3N2O3S/c1-33-17-12-10-16(11-13-17)22-14-24(32)30(20-8-4-5-9-21(20)34-22)15-23(31)29-19-7-3-2-6-18(19)25(26,27)28/h2-13,22H,14-15H2,1H3,(H,29,31). The van der Waals surface area contributed by atoms with Gasteiger partial charge < -0.3 is 15.0 Å². The van der Waals surface area contributed by atoms with E-state index < -0.39 is 24.2 Å². The largest absolute Gasteiger partial charge is 0.497 e. The van der Waals surface area contributed by atoms with Crippen LogP contribution in [0.3, 0.4) is 0 Å². The van der Waals surface area contributed by atoms with Crippen molar-refractivity contribution in [3.63, 3.8) is 0 Å². The van der Waals surface area contributed by atoms with Crippen LogP contribution >= 0.6 is 11.8 Å². The van der Waals surface area contributed by atoms with E-state index in [9.17, 15) is 22.8 Å². The van der Waals surface area contributed by atoms with Gasteiger partial charge >= 0.3 is 6.18 Å². The first-order valence-corrected chi connectivity index (χ1v) is 11.3. The maximum atomic E-state index is 13.3. The number of hydrogen-bond acceptors (Lipinski definition) is 4. The topological polar surface area (TPSA) is 58.6 Å². The Morgan fingerprint density at radius 1 is 1.06 bits per heavy atom. The van der Waals surface area contributed by atoms with Crippen LogP contribution in [0, 0.1) is 0 Å². The molecule has 1 unspecified atom stereocenters. The van der Waals surface area contributed by atoms with Gasteiger partial charge in [-0.1, -0.05) is 36.4 Å². The normalized spacial score (nSPS) is 15.9. The lowest BCUT2D eigenvalue weighted by Gasteiger charge is -2.22. The summed E-state index contributed by atoms with van der Waals surface area (Å²) in [6.45, 7) is -0.405. The average molecular weight is 487 g/mol. The highest BCUT2D eigenvalue weighted by Crippen LogP contribution is 2.45. The number of nitrogens with zero attached hydrogens (tertiary/aromatic N) is 1. The van der Waals surface area contributed by atoms with Gasteiger partial charge in [-0.3, -0.25) is 9.59 Å². The highest BCUT2D eigenvalue weighted by molar-refractivity contribution is 7.99. The number of para-hydroxylation sites is 2. The molecule has 2 amide bonds. The number of carbonyl (C=O) groups is 2. The van der Waals surface area contributed by atoms with Gasteiger partial charge in [-0.25, -0.2) is 0 Å². The van der Waals surface area contributed by atoms with E-state index >= 15 is 0 Å². The number of halogens is 3. The molecular formula is C25H21F3N2O3S. The Morgan fingerprint density at radius 3 is 2.44 bits per heavy atom. The molecule has 1 heterocycles. The second-order valence-corrected chi connectivity index (χ2v) is 8.87. The fraction of sp³-hybridized carbons (Fsp3) is 0.200. The molecule has 1 N–H and O–H groups in total. The Hall–Kier alpha value is -3.46. The number of thioether (sulfide) groups is 1. The second-order valence-electron chi connectivity index (χ2n) is 7.62. The molecule has 0 spiro atoms. The zero-order valence-corrected chi connectivity index (χ0v) is 19.0. The molecule has 3 aromatic carbocycles. The van der Waals surface area contributed by atoms with Crippen molar-refractivity contribution in [2.75, 3.05) is 23.9 Å². The van der Waals surface area contributed by atoms with Crippen LogP contribution in [0.5, 0.6) is 5.75 Å². The summed E-state index contributed by atoms with van der Waals surface area (Å²) in [7, 11) is 1.57. The number of nitrogens with one attached hydrogen (secondary N) is 1. The Labute approximate surface area is 198 Å². The maximum absolute atomic E-state index is 13.3. The lowest BCUT2D eigenvalue weighted by atomic mass is 10.1. The smallest absolute Gasteiger partial charge is 0.418 e. The number of rotatable bonds is 5. The lowest BCUT2D eigenvalue weighted by molar-refractivity contribution is -0.137. The maximum Gasteiger partial charge on any atom is 0.418 e. The molecule has 0 saturated carbocycles. The molecular weight excluding hydrogens is 465 g/mol. The number of amides is 2. The molecule has 0 fully saturated rings. The summed E-state index contributed by atoms with van der Waals surface area (Å²) >= 11 is 1.50. The van der Waals surface area contributed by atoms with Gasteiger partial charge in [0, 0.05) is 16.6 Å². The Morgan fingerprint density at radius 2 is 1.74 bits per heavy atom. The number of benzene rings is 3. The lowest BCUT2D eigenvalue weighted by Crippen LogP contribution is -2.38. The van der Waals surface area contributed by atoms with Gasteiger partial charge in [0.2, 0.25) is 11.8 Å². The number of ether oxygens (including phenoxy) is 1. The quantitative estimate of drug-likeness (QED) is 0.486. The van der Waals surface area contributed by atoms with E-state index in [2.05, 4.69) is 5.32 Å². The molecule has 5 nitrogen and oxygen atoms in total. The van der Waals surface area contributed by atoms with Gasteiger partial charge in [0.05, 0.1) is 24.0 Å². The molecule has 9 heteroatoms. The molecule has 1 aliphatic heterocycles. The summed E-state index contributed by atoms with van der Waals surface area (Å²) in [5.74, 6) is -0.309. The molecule has 0 aliphatic carbocycles. The average Bonchev–Trinajstić information content (AvgIpc) is 2.95. The van der Waals surface area contributed by atoms with Gasteiger partial charge in [-0.15, -0.1) is 11.8 Å². The highest BCUT2D eigenvalue weighted by atomic mass is 32.2. The van der Waals surface area contributed by atoms with Crippen molar-refractivity contribution in [1.82, 2.24) is 0 Å². The molecule has 0 aromatic heterocycles. The summed E-state index contributed by atoms with van der Waals surface area (Å²) in [6.07, 6.45) is -4.49. The molecule has 4 rings (SSSR count). The Balaban J connectivity index is 1.58. The van der Waals surface area contributed by atoms with Crippen LogP contribution in [0.25, 0.3) is 0 Å². The van der Waals surface area contributed by atoms with E-state index in [0.717, 1.165) is 16.5 Å². The van der Waals surface area contributed by atoms with E-state index in [1.165, 1.54) is 34.9 Å². The van der Waals surface area contributed by atoms with Gasteiger partial charge in [0.15, 0.2) is 0 Å². The monoisotopic (exact) mass is 486 g/mol. The molecule has 0 radical (unpaired) electrons. The minimum Gasteiger partial charge on any atom is -0.497 e. The van der Waals surface area contributed by atoms with Crippen LogP contribution in [-0.4, -0.2) is 25.5 Å². The second kappa shape index (κ2) is 9.80. The van der Waals surface area contributed by atoms with E-state index in [1.54, 1.807) is 19.2 Å². The molecule has 0 saturated heterocycles. The third kappa shape index (κ3) is 5.20. The molecule has 176 valence electrons. The summed E-state index contributed by atoms with van der Waals surface area (Å²) in [6, 6.07) is 19.4. The predicted octanol–water partition coefficient (Wildman–Crippen LogP) is 5.92. The van der Waals surface area contributed by atoms with E-state index in [4.69, 9.17) is 4.74 Å². The molecule has 1 aliphatic rings. The number of hydrogen-bond donors (Lipinski definition) is 1. The number of fused-ring (bicyclic) bond motifs is 1. The van der Waals surface area contributed by atoms with Crippen LogP contribution in [0.1, 0.15) is 22.8 Å². The van der Waals surface area contributed by atoms with Gasteiger partial charge in [-0.2, -0.15) is 13.2 Å². The minimum absolute atomic E-state index is 0.123. The molecule has 34 heavy (non-hydrogen) atoms. The van der Waals surface area contributed by atoms with Crippen molar-refractivity contribution < 1.29 is 27.5 Å². The van der Waals surface area contributed by atoms with Crippen molar-refractivity contribution in [2.24, 2.45) is 0 Å². The number of methoxy groups -OCH3 is 1. The predicted molar refractivity (Wildman–Crippen MR) is 125 cm³/mol. The van der Waals surface area contributed by atoms with Crippen LogP contribution in [0.15, 0.2) is 77.7 Å². The number of alkyl halides is 3. The molecule has 3 aromatic rings. The van der Waals surface area contributed by atoms with Crippen LogP contribution in [-0.2, 0) is 15.8 Å². The first-order chi connectivity index (χ1) is 16.3. The third-order valence-corrected chi connectivity index (χ3v) is 6.70.